The molecule has 1 N–H and O–H groups in total. The van der Waals surface area contributed by atoms with Crippen LogP contribution in [0, 0.1) is 11.8 Å². The molecule has 0 aliphatic carbocycles. The molecular formula is C39H47NO4. The molecule has 0 aliphatic rings. The maximum Gasteiger partial charge on any atom is 0.303 e. The number of hydrogen-bond acceptors (Lipinski definition) is 3. The van der Waals surface area contributed by atoms with E-state index in [9.17, 15) is 9.59 Å². The first kappa shape index (κ1) is 32.8. The molecule has 1 aromatic heterocycles. The van der Waals surface area contributed by atoms with E-state index in [1.54, 1.807) is 0 Å². The smallest absolute Gasteiger partial charge is 0.303 e. The first-order valence-electron chi connectivity index (χ1n) is 15.9. The van der Waals surface area contributed by atoms with Crippen LogP contribution in [0.4, 0.5) is 0 Å². The van der Waals surface area contributed by atoms with Gasteiger partial charge in [0, 0.05) is 36.0 Å². The van der Waals surface area contributed by atoms with Gasteiger partial charge in [-0.05, 0) is 96.5 Å². The molecule has 0 bridgehead atoms. The lowest BCUT2D eigenvalue weighted by Crippen LogP contribution is -2.10. The van der Waals surface area contributed by atoms with Gasteiger partial charge in [-0.3, -0.25) is 9.59 Å². The number of carboxylic acids is 1. The fourth-order valence-corrected chi connectivity index (χ4v) is 5.89. The summed E-state index contributed by atoms with van der Waals surface area (Å²) in [6.07, 6.45) is 3.78. The largest absolute Gasteiger partial charge is 0.481 e. The fraction of sp³-hybridized carbons (Fsp3) is 0.385. The van der Waals surface area contributed by atoms with Crippen molar-refractivity contribution in [3.8, 4) is 5.75 Å². The molecule has 0 saturated carbocycles. The van der Waals surface area contributed by atoms with Crippen LogP contribution in [0.25, 0.3) is 0 Å². The highest BCUT2D eigenvalue weighted by Gasteiger charge is 2.21. The number of ketones is 1. The summed E-state index contributed by atoms with van der Waals surface area (Å²) in [6.45, 7) is 11.0. The number of ether oxygens (including phenoxy) is 1. The van der Waals surface area contributed by atoms with Gasteiger partial charge in [0.15, 0.2) is 5.78 Å². The van der Waals surface area contributed by atoms with Crippen LogP contribution < -0.4 is 4.74 Å². The summed E-state index contributed by atoms with van der Waals surface area (Å²) < 4.78 is 8.68. The molecule has 0 fully saturated rings. The van der Waals surface area contributed by atoms with Crippen molar-refractivity contribution < 1.29 is 19.4 Å². The Bertz CT molecular complexity index is 1470. The van der Waals surface area contributed by atoms with E-state index in [2.05, 4.69) is 76.2 Å². The van der Waals surface area contributed by atoms with Gasteiger partial charge < -0.3 is 14.4 Å². The van der Waals surface area contributed by atoms with Crippen molar-refractivity contribution in [2.75, 3.05) is 0 Å². The highest BCUT2D eigenvalue weighted by Crippen LogP contribution is 2.31. The summed E-state index contributed by atoms with van der Waals surface area (Å²) in [4.78, 5) is 24.6. The Kier molecular flexibility index (Phi) is 11.2. The summed E-state index contributed by atoms with van der Waals surface area (Å²) in [6, 6.07) is 26.8. The monoisotopic (exact) mass is 593 g/mol. The minimum atomic E-state index is -0.804. The summed E-state index contributed by atoms with van der Waals surface area (Å²) in [5.74, 6) is 1.04. The average molecular weight is 594 g/mol. The second-order valence-electron chi connectivity index (χ2n) is 12.7. The van der Waals surface area contributed by atoms with E-state index in [0.717, 1.165) is 35.4 Å². The van der Waals surface area contributed by atoms with Gasteiger partial charge in [0.05, 0.1) is 0 Å². The van der Waals surface area contributed by atoms with Crippen molar-refractivity contribution in [3.63, 3.8) is 0 Å². The van der Waals surface area contributed by atoms with Crippen LogP contribution in [0.1, 0.15) is 103 Å². The van der Waals surface area contributed by atoms with Gasteiger partial charge in [0.25, 0.3) is 0 Å². The predicted molar refractivity (Wildman–Crippen MR) is 178 cm³/mol. The molecule has 1 heterocycles. The second-order valence-corrected chi connectivity index (χ2v) is 12.7. The molecule has 0 unspecified atom stereocenters. The zero-order valence-electron chi connectivity index (χ0n) is 27.1. The van der Waals surface area contributed by atoms with Crippen LogP contribution in [0.3, 0.4) is 0 Å². The Hall–Kier alpha value is -4.12. The van der Waals surface area contributed by atoms with Gasteiger partial charge >= 0.3 is 5.97 Å². The van der Waals surface area contributed by atoms with Crippen LogP contribution in [0.2, 0.25) is 0 Å². The first-order chi connectivity index (χ1) is 21.0. The van der Waals surface area contributed by atoms with E-state index < -0.39 is 5.97 Å². The highest BCUT2D eigenvalue weighted by atomic mass is 16.5. The van der Waals surface area contributed by atoms with Crippen molar-refractivity contribution in [2.45, 2.75) is 79.2 Å². The van der Waals surface area contributed by atoms with Crippen molar-refractivity contribution in [3.05, 3.63) is 124 Å². The molecule has 0 aliphatic heterocycles. The van der Waals surface area contributed by atoms with Gasteiger partial charge in [-0.2, -0.15) is 0 Å². The third-order valence-electron chi connectivity index (χ3n) is 8.08. The molecule has 0 radical (unpaired) electrons. The zero-order chi connectivity index (χ0) is 31.8. The van der Waals surface area contributed by atoms with Gasteiger partial charge in [0.2, 0.25) is 0 Å². The normalized spacial score (nSPS) is 11.5. The van der Waals surface area contributed by atoms with E-state index in [1.165, 1.54) is 11.1 Å². The maximum atomic E-state index is 13.6. The summed E-state index contributed by atoms with van der Waals surface area (Å²) >= 11 is 0. The Morgan fingerprint density at radius 1 is 0.795 bits per heavy atom. The lowest BCUT2D eigenvalue weighted by atomic mass is 9.95. The number of hydrogen-bond donors (Lipinski definition) is 1. The number of aryl methyl sites for hydroxylation is 1. The number of aliphatic carboxylic acids is 1. The zero-order valence-corrected chi connectivity index (χ0v) is 27.1. The lowest BCUT2D eigenvalue weighted by molar-refractivity contribution is -0.137. The molecule has 5 heteroatoms. The topological polar surface area (TPSA) is 68.5 Å². The molecule has 4 aromatic rings. The van der Waals surface area contributed by atoms with Crippen molar-refractivity contribution in [2.24, 2.45) is 18.9 Å². The number of nitrogens with zero attached hydrogens (tertiary/aromatic N) is 1. The Morgan fingerprint density at radius 2 is 1.32 bits per heavy atom. The number of carbonyl (C=O) groups is 2. The molecule has 0 saturated heterocycles. The van der Waals surface area contributed by atoms with Crippen LogP contribution in [0.5, 0.6) is 5.75 Å². The SMILES string of the molecule is CCc1c(C(=O)c2ccc(OC(c3ccc(CC(C)C)cc3)c3ccc(CC(C)C)cc3)cc2)cc(CCCC(=O)O)n1C. The molecule has 232 valence electrons. The quantitative estimate of drug-likeness (QED) is 0.140. The van der Waals surface area contributed by atoms with Crippen LogP contribution in [-0.2, 0) is 37.5 Å². The Labute approximate surface area is 262 Å². The summed E-state index contributed by atoms with van der Waals surface area (Å²) in [7, 11) is 1.95. The summed E-state index contributed by atoms with van der Waals surface area (Å²) in [5, 5.41) is 9.02. The number of carboxylic acid groups (broad SMARTS) is 1. The average Bonchev–Trinajstić information content (AvgIpc) is 3.31. The molecule has 44 heavy (non-hydrogen) atoms. The molecule has 0 atom stereocenters. The first-order valence-corrected chi connectivity index (χ1v) is 15.9. The number of aromatic nitrogens is 1. The predicted octanol–water partition coefficient (Wildman–Crippen LogP) is 8.79. The molecule has 3 aromatic carbocycles. The van der Waals surface area contributed by atoms with Gasteiger partial charge in [-0.1, -0.05) is 83.1 Å². The van der Waals surface area contributed by atoms with Gasteiger partial charge in [-0.25, -0.2) is 0 Å². The van der Waals surface area contributed by atoms with E-state index >= 15 is 0 Å². The molecule has 0 amide bonds. The molecule has 4 rings (SSSR count). The van der Waals surface area contributed by atoms with E-state index in [-0.39, 0.29) is 18.3 Å². The number of rotatable bonds is 15. The van der Waals surface area contributed by atoms with Crippen molar-refractivity contribution in [1.29, 1.82) is 0 Å². The molecule has 0 spiro atoms. The van der Waals surface area contributed by atoms with E-state index in [1.807, 2.05) is 48.9 Å². The number of carbonyl (C=O) groups excluding carboxylic acids is 1. The maximum absolute atomic E-state index is 13.6. The number of benzene rings is 3. The van der Waals surface area contributed by atoms with Crippen LogP contribution in [-0.4, -0.2) is 21.4 Å². The van der Waals surface area contributed by atoms with E-state index in [4.69, 9.17) is 9.84 Å². The van der Waals surface area contributed by atoms with E-state index in [0.29, 0.717) is 48.0 Å². The third-order valence-corrected chi connectivity index (χ3v) is 8.08. The second kappa shape index (κ2) is 15.1. The summed E-state index contributed by atoms with van der Waals surface area (Å²) in [5.41, 5.74) is 8.01. The Morgan fingerprint density at radius 3 is 1.77 bits per heavy atom. The van der Waals surface area contributed by atoms with Crippen LogP contribution in [0.15, 0.2) is 78.9 Å². The minimum absolute atomic E-state index is 0.0356. The standard InChI is InChI=1S/C39H47NO4/c1-7-36-35(25-33(40(36)6)9-8-10-37(41)42)38(43)30-19-21-34(22-20-30)44-39(31-15-11-28(12-16-31)23-26(2)3)32-17-13-29(14-18-32)24-27(4)5/h11-22,25-27,39H,7-10,23-24H2,1-6H3,(H,41,42). The van der Waals surface area contributed by atoms with Crippen molar-refractivity contribution in [1.82, 2.24) is 4.57 Å². The minimum Gasteiger partial charge on any atom is -0.481 e. The molecular weight excluding hydrogens is 546 g/mol. The van der Waals surface area contributed by atoms with Crippen LogP contribution >= 0.6 is 0 Å². The fourth-order valence-electron chi connectivity index (χ4n) is 5.89. The molecule has 5 nitrogen and oxygen atoms in total. The Balaban J connectivity index is 1.57. The van der Waals surface area contributed by atoms with Gasteiger partial charge in [-0.15, -0.1) is 0 Å². The third kappa shape index (κ3) is 8.49. The van der Waals surface area contributed by atoms with Crippen molar-refractivity contribution >= 4 is 11.8 Å². The highest BCUT2D eigenvalue weighted by molar-refractivity contribution is 6.10. The lowest BCUT2D eigenvalue weighted by Gasteiger charge is -2.21. The van der Waals surface area contributed by atoms with Gasteiger partial charge in [0.1, 0.15) is 11.9 Å².